The number of anilines is 2. The van der Waals surface area contributed by atoms with Crippen LogP contribution in [0.3, 0.4) is 0 Å². The van der Waals surface area contributed by atoms with E-state index < -0.39 is 6.09 Å². The Labute approximate surface area is 92.8 Å². The molecule has 0 fully saturated rings. The van der Waals surface area contributed by atoms with Gasteiger partial charge in [-0.15, -0.1) is 0 Å². The summed E-state index contributed by atoms with van der Waals surface area (Å²) in [7, 11) is 0. The van der Waals surface area contributed by atoms with Crippen molar-refractivity contribution in [1.29, 1.82) is 0 Å². The first kappa shape index (κ1) is 10.2. The Bertz CT molecular complexity index is 431. The molecule has 0 bridgehead atoms. The predicted octanol–water partition coefficient (Wildman–Crippen LogP) is 2.90. The van der Waals surface area contributed by atoms with Crippen molar-refractivity contribution in [3.05, 3.63) is 54.9 Å². The summed E-state index contributed by atoms with van der Waals surface area (Å²) in [6, 6.07) is 12.2. The number of amides is 1. The number of hydrogen-bond acceptors (Lipinski definition) is 2. The Morgan fingerprint density at radius 1 is 1.00 bits per heavy atom. The van der Waals surface area contributed by atoms with E-state index in [0.29, 0.717) is 11.4 Å². The van der Waals surface area contributed by atoms with Crippen LogP contribution in [0.15, 0.2) is 54.9 Å². The third kappa shape index (κ3) is 2.00. The van der Waals surface area contributed by atoms with Crippen molar-refractivity contribution in [1.82, 2.24) is 4.98 Å². The number of rotatable bonds is 2. The maximum Gasteiger partial charge on any atom is 0.416 e. The Kier molecular flexibility index (Phi) is 2.82. The molecule has 0 saturated carbocycles. The molecule has 0 unspecified atom stereocenters. The molecule has 1 amide bonds. The van der Waals surface area contributed by atoms with E-state index >= 15 is 0 Å². The summed E-state index contributed by atoms with van der Waals surface area (Å²) >= 11 is 0. The molecule has 1 aromatic carbocycles. The molecule has 0 spiro atoms. The molecule has 2 rings (SSSR count). The van der Waals surface area contributed by atoms with E-state index in [9.17, 15) is 9.90 Å². The van der Waals surface area contributed by atoms with Crippen molar-refractivity contribution in [3.63, 3.8) is 0 Å². The van der Waals surface area contributed by atoms with E-state index in [0.717, 1.165) is 0 Å². The zero-order chi connectivity index (χ0) is 11.4. The first-order valence-electron chi connectivity index (χ1n) is 4.77. The smallest absolute Gasteiger partial charge is 0.416 e. The second-order valence-corrected chi connectivity index (χ2v) is 3.16. The minimum absolute atomic E-state index is 0.578. The Balaban J connectivity index is 2.44. The van der Waals surface area contributed by atoms with Crippen LogP contribution >= 0.6 is 0 Å². The molecule has 0 saturated heterocycles. The van der Waals surface area contributed by atoms with Crippen molar-refractivity contribution in [2.75, 3.05) is 4.90 Å². The molecule has 0 aliphatic carbocycles. The van der Waals surface area contributed by atoms with Crippen LogP contribution in [-0.2, 0) is 0 Å². The molecule has 0 aliphatic heterocycles. The number of nitrogens with zero attached hydrogens (tertiary/aromatic N) is 2. The molecule has 4 heteroatoms. The van der Waals surface area contributed by atoms with Crippen molar-refractivity contribution >= 4 is 17.5 Å². The quantitative estimate of drug-likeness (QED) is 0.836. The van der Waals surface area contributed by atoms with E-state index in [1.54, 1.807) is 48.8 Å². The molecule has 0 aliphatic rings. The number of carbonyl (C=O) groups is 1. The lowest BCUT2D eigenvalue weighted by Crippen LogP contribution is -2.23. The topological polar surface area (TPSA) is 53.4 Å². The van der Waals surface area contributed by atoms with Crippen LogP contribution in [0.5, 0.6) is 0 Å². The summed E-state index contributed by atoms with van der Waals surface area (Å²) in [6.07, 6.45) is 2.11. The maximum atomic E-state index is 11.2. The van der Waals surface area contributed by atoms with Crippen LogP contribution in [-0.4, -0.2) is 16.2 Å². The van der Waals surface area contributed by atoms with Crippen LogP contribution < -0.4 is 4.90 Å². The predicted molar refractivity (Wildman–Crippen MR) is 60.8 cm³/mol. The summed E-state index contributed by atoms with van der Waals surface area (Å²) in [5.41, 5.74) is 1.19. The highest BCUT2D eigenvalue weighted by Crippen LogP contribution is 2.24. The minimum Gasteiger partial charge on any atom is -0.464 e. The van der Waals surface area contributed by atoms with E-state index in [1.807, 2.05) is 6.07 Å². The van der Waals surface area contributed by atoms with Gasteiger partial charge < -0.3 is 5.11 Å². The number of aromatic nitrogens is 1. The summed E-state index contributed by atoms with van der Waals surface area (Å²) in [4.78, 5) is 16.3. The number of carboxylic acid groups (broad SMARTS) is 1. The van der Waals surface area contributed by atoms with Crippen LogP contribution in [0.25, 0.3) is 0 Å². The highest BCUT2D eigenvalue weighted by Gasteiger charge is 2.15. The molecular weight excluding hydrogens is 204 g/mol. The van der Waals surface area contributed by atoms with E-state index in [4.69, 9.17) is 0 Å². The van der Waals surface area contributed by atoms with Crippen molar-refractivity contribution < 1.29 is 9.90 Å². The van der Waals surface area contributed by atoms with Gasteiger partial charge in [-0.25, -0.2) is 9.69 Å². The van der Waals surface area contributed by atoms with Gasteiger partial charge >= 0.3 is 6.09 Å². The lowest BCUT2D eigenvalue weighted by Gasteiger charge is -2.18. The summed E-state index contributed by atoms with van der Waals surface area (Å²) in [6.45, 7) is 0. The summed E-state index contributed by atoms with van der Waals surface area (Å²) < 4.78 is 0. The van der Waals surface area contributed by atoms with E-state index in [1.165, 1.54) is 4.90 Å². The molecule has 80 valence electrons. The first-order chi connectivity index (χ1) is 7.79. The molecule has 1 N–H and O–H groups in total. The van der Waals surface area contributed by atoms with Gasteiger partial charge in [-0.3, -0.25) is 4.98 Å². The monoisotopic (exact) mass is 214 g/mol. The van der Waals surface area contributed by atoms with E-state index in [-0.39, 0.29) is 0 Å². The van der Waals surface area contributed by atoms with Gasteiger partial charge in [-0.2, -0.15) is 0 Å². The first-order valence-corrected chi connectivity index (χ1v) is 4.77. The van der Waals surface area contributed by atoms with Gasteiger partial charge in [-0.1, -0.05) is 18.2 Å². The van der Waals surface area contributed by atoms with Crippen LogP contribution in [0.1, 0.15) is 0 Å². The Morgan fingerprint density at radius 2 is 1.56 bits per heavy atom. The Hall–Kier alpha value is -2.36. The largest absolute Gasteiger partial charge is 0.464 e. The molecule has 16 heavy (non-hydrogen) atoms. The van der Waals surface area contributed by atoms with Crippen LogP contribution in [0, 0.1) is 0 Å². The zero-order valence-corrected chi connectivity index (χ0v) is 8.45. The lowest BCUT2D eigenvalue weighted by atomic mass is 10.2. The normalized spacial score (nSPS) is 9.75. The molecule has 1 heterocycles. The van der Waals surface area contributed by atoms with Gasteiger partial charge in [0.1, 0.15) is 0 Å². The highest BCUT2D eigenvalue weighted by atomic mass is 16.4. The van der Waals surface area contributed by atoms with Crippen molar-refractivity contribution in [2.24, 2.45) is 0 Å². The minimum atomic E-state index is -1.02. The molecule has 1 aromatic heterocycles. The fraction of sp³-hybridized carbons (Fsp3) is 0. The number of pyridine rings is 1. The number of para-hydroxylation sites is 1. The van der Waals surface area contributed by atoms with Gasteiger partial charge in [0, 0.05) is 12.4 Å². The summed E-state index contributed by atoms with van der Waals surface area (Å²) in [5.74, 6) is 0. The van der Waals surface area contributed by atoms with Gasteiger partial charge in [0.05, 0.1) is 11.4 Å². The van der Waals surface area contributed by atoms with Gasteiger partial charge in [-0.05, 0) is 24.3 Å². The molecule has 0 radical (unpaired) electrons. The maximum absolute atomic E-state index is 11.2. The number of hydrogen-bond donors (Lipinski definition) is 1. The molecule has 4 nitrogen and oxygen atoms in total. The average Bonchev–Trinajstić information content (AvgIpc) is 2.31. The fourth-order valence-corrected chi connectivity index (χ4v) is 1.44. The van der Waals surface area contributed by atoms with Crippen molar-refractivity contribution in [2.45, 2.75) is 0 Å². The second kappa shape index (κ2) is 4.44. The Morgan fingerprint density at radius 3 is 2.12 bits per heavy atom. The van der Waals surface area contributed by atoms with Crippen LogP contribution in [0.2, 0.25) is 0 Å². The molecule has 2 aromatic rings. The SMILES string of the molecule is O=C(O)N(c1ccccc1)c1ccncc1. The van der Waals surface area contributed by atoms with E-state index in [2.05, 4.69) is 4.98 Å². The standard InChI is InChI=1S/C12H10N2O2/c15-12(16)14(10-4-2-1-3-5-10)11-6-8-13-9-7-11/h1-9H,(H,15,16). The molecular formula is C12H10N2O2. The number of benzene rings is 1. The fourth-order valence-electron chi connectivity index (χ4n) is 1.44. The lowest BCUT2D eigenvalue weighted by molar-refractivity contribution is 0.205. The third-order valence-corrected chi connectivity index (χ3v) is 2.13. The van der Waals surface area contributed by atoms with Gasteiger partial charge in [0.15, 0.2) is 0 Å². The van der Waals surface area contributed by atoms with Crippen LogP contribution in [0.4, 0.5) is 16.2 Å². The second-order valence-electron chi connectivity index (χ2n) is 3.16. The summed E-state index contributed by atoms with van der Waals surface area (Å²) in [5, 5.41) is 9.19. The third-order valence-electron chi connectivity index (χ3n) is 2.13. The van der Waals surface area contributed by atoms with Crippen molar-refractivity contribution in [3.8, 4) is 0 Å². The zero-order valence-electron chi connectivity index (χ0n) is 8.45. The van der Waals surface area contributed by atoms with Gasteiger partial charge in [0.25, 0.3) is 0 Å². The molecule has 0 atom stereocenters. The average molecular weight is 214 g/mol. The highest BCUT2D eigenvalue weighted by molar-refractivity contribution is 5.94. The van der Waals surface area contributed by atoms with Gasteiger partial charge in [0.2, 0.25) is 0 Å².